The van der Waals surface area contributed by atoms with Crippen LogP contribution < -0.4 is 19.5 Å². The topological polar surface area (TPSA) is 141 Å². The first kappa shape index (κ1) is 32.4. The Kier molecular flexibility index (Phi) is 9.74. The molecule has 11 nitrogen and oxygen atoms in total. The Morgan fingerprint density at radius 1 is 0.896 bits per heavy atom. The lowest BCUT2D eigenvalue weighted by Gasteiger charge is -2.13. The number of nitrogens with zero attached hydrogens (tertiary/aromatic N) is 3. The third-order valence-corrected chi connectivity index (χ3v) is 8.22. The number of benzene rings is 4. The van der Waals surface area contributed by atoms with E-state index in [0.29, 0.717) is 50.8 Å². The minimum atomic E-state index is -0.264. The van der Waals surface area contributed by atoms with Gasteiger partial charge in [0.2, 0.25) is 17.5 Å². The van der Waals surface area contributed by atoms with Gasteiger partial charge in [-0.3, -0.25) is 9.59 Å². The van der Waals surface area contributed by atoms with Crippen molar-refractivity contribution >= 4 is 57.9 Å². The number of aromatic nitrogens is 4. The summed E-state index contributed by atoms with van der Waals surface area (Å²) in [4.78, 5) is 33.2. The third-order valence-electron chi connectivity index (χ3n) is 7.15. The Bertz CT molecular complexity index is 2100. The van der Waals surface area contributed by atoms with Crippen LogP contribution in [-0.4, -0.2) is 58.9 Å². The summed E-state index contributed by atoms with van der Waals surface area (Å²) in [6.07, 6.45) is 3.22. The number of fused-ring (bicyclic) bond motifs is 1. The van der Waals surface area contributed by atoms with Crippen molar-refractivity contribution in [3.8, 4) is 40.1 Å². The van der Waals surface area contributed by atoms with Crippen LogP contribution in [0.25, 0.3) is 40.0 Å². The van der Waals surface area contributed by atoms with Gasteiger partial charge in [-0.25, -0.2) is 4.98 Å². The molecule has 0 atom stereocenters. The number of nitrogens with one attached hydrogen (secondary N) is 2. The molecule has 2 N–H and O–H groups in total. The highest BCUT2D eigenvalue weighted by atomic mass is 35.5. The number of rotatable bonds is 12. The molecule has 6 rings (SSSR count). The number of imidazole rings is 1. The number of methoxy groups -OCH3 is 3. The Labute approximate surface area is 284 Å². The lowest BCUT2D eigenvalue weighted by atomic mass is 10.1. The highest BCUT2D eigenvalue weighted by Gasteiger charge is 2.17. The molecule has 0 unspecified atom stereocenters. The minimum absolute atomic E-state index is 0.0455. The van der Waals surface area contributed by atoms with E-state index in [1.165, 1.54) is 6.08 Å². The van der Waals surface area contributed by atoms with Crippen LogP contribution in [-0.2, 0) is 4.79 Å². The van der Waals surface area contributed by atoms with Crippen LogP contribution in [0, 0.1) is 0 Å². The van der Waals surface area contributed by atoms with E-state index in [1.807, 2.05) is 42.5 Å². The van der Waals surface area contributed by atoms with E-state index < -0.39 is 0 Å². The largest absolute Gasteiger partial charge is 0.493 e. The number of hydrogen-bond acceptors (Lipinski definition) is 10. The van der Waals surface area contributed by atoms with Gasteiger partial charge in [-0.2, -0.15) is 0 Å². The fourth-order valence-corrected chi connectivity index (χ4v) is 5.46. The second-order valence-corrected chi connectivity index (χ2v) is 11.6. The quantitative estimate of drug-likeness (QED) is 0.0754. The van der Waals surface area contributed by atoms with Gasteiger partial charge in [-0.1, -0.05) is 41.6 Å². The number of allylic oxidation sites excluding steroid dienone is 1. The molecule has 0 aliphatic carbocycles. The van der Waals surface area contributed by atoms with Crippen LogP contribution in [0.3, 0.4) is 0 Å². The van der Waals surface area contributed by atoms with Gasteiger partial charge in [0, 0.05) is 27.4 Å². The molecule has 0 saturated carbocycles. The lowest BCUT2D eigenvalue weighted by Crippen LogP contribution is -2.14. The summed E-state index contributed by atoms with van der Waals surface area (Å²) in [5.74, 6) is 2.06. The minimum Gasteiger partial charge on any atom is -0.493 e. The zero-order valence-corrected chi connectivity index (χ0v) is 27.5. The smallest absolute Gasteiger partial charge is 0.277 e. The SMILES string of the molecule is COc1cc(-c2nc3ccc(-c4nnc(SCC(=O)Nc5ccc(C(=O)/C=C/c6ccc(Cl)cc6)cc5)o4)cc3[nH]2)cc(OC)c1OC. The van der Waals surface area contributed by atoms with E-state index >= 15 is 0 Å². The second kappa shape index (κ2) is 14.4. The molecule has 48 heavy (non-hydrogen) atoms. The summed E-state index contributed by atoms with van der Waals surface area (Å²) in [7, 11) is 4.67. The van der Waals surface area contributed by atoms with E-state index in [9.17, 15) is 9.59 Å². The fourth-order valence-electron chi connectivity index (χ4n) is 4.77. The van der Waals surface area contributed by atoms with E-state index in [0.717, 1.165) is 33.9 Å². The molecule has 242 valence electrons. The summed E-state index contributed by atoms with van der Waals surface area (Å²) in [5, 5.41) is 11.9. The number of halogens is 1. The van der Waals surface area contributed by atoms with E-state index in [-0.39, 0.29) is 22.7 Å². The number of thioether (sulfide) groups is 1. The molecular formula is C35H28ClN5O6S. The highest BCUT2D eigenvalue weighted by molar-refractivity contribution is 7.99. The first-order chi connectivity index (χ1) is 23.3. The van der Waals surface area contributed by atoms with Gasteiger partial charge in [0.1, 0.15) is 5.82 Å². The molecule has 1 amide bonds. The van der Waals surface area contributed by atoms with Gasteiger partial charge in [-0.05, 0) is 78.4 Å². The van der Waals surface area contributed by atoms with Gasteiger partial charge in [-0.15, -0.1) is 10.2 Å². The van der Waals surface area contributed by atoms with Crippen molar-refractivity contribution < 1.29 is 28.2 Å². The normalized spacial score (nSPS) is 11.2. The average molecular weight is 682 g/mol. The zero-order chi connectivity index (χ0) is 33.6. The number of hydrogen-bond donors (Lipinski definition) is 2. The van der Waals surface area contributed by atoms with Crippen LogP contribution in [0.4, 0.5) is 5.69 Å². The fraction of sp³-hybridized carbons (Fsp3) is 0.114. The molecule has 0 fully saturated rings. The standard InChI is InChI=1S/C35H28ClN5O6S/c1-44-29-17-23(18-30(45-2)32(29)46-3)33-38-26-14-9-22(16-27(26)39-33)34-40-41-35(47-34)48-19-31(43)37-25-12-7-21(8-13-25)28(42)15-6-20-4-10-24(36)11-5-20/h4-18H,19H2,1-3H3,(H,37,43)(H,38,39)/b15-6+. The number of aromatic amines is 1. The summed E-state index contributed by atoms with van der Waals surface area (Å²) >= 11 is 7.02. The molecule has 4 aromatic carbocycles. The Balaban J connectivity index is 1.06. The summed E-state index contributed by atoms with van der Waals surface area (Å²) in [6.45, 7) is 0. The van der Waals surface area contributed by atoms with E-state index in [4.69, 9.17) is 35.2 Å². The third kappa shape index (κ3) is 7.35. The number of ketones is 1. The van der Waals surface area contributed by atoms with Crippen molar-refractivity contribution in [1.82, 2.24) is 20.2 Å². The van der Waals surface area contributed by atoms with Gasteiger partial charge < -0.3 is 28.9 Å². The maximum absolute atomic E-state index is 12.6. The molecule has 0 saturated heterocycles. The average Bonchev–Trinajstić information content (AvgIpc) is 3.77. The molecule has 2 heterocycles. The van der Waals surface area contributed by atoms with Crippen molar-refractivity contribution in [2.75, 3.05) is 32.4 Å². The van der Waals surface area contributed by atoms with Crippen LogP contribution in [0.5, 0.6) is 17.2 Å². The Morgan fingerprint density at radius 3 is 2.31 bits per heavy atom. The number of carbonyl (C=O) groups is 2. The Morgan fingerprint density at radius 2 is 1.62 bits per heavy atom. The monoisotopic (exact) mass is 681 g/mol. The van der Waals surface area contributed by atoms with E-state index in [1.54, 1.807) is 63.8 Å². The van der Waals surface area contributed by atoms with Crippen LogP contribution in [0.1, 0.15) is 15.9 Å². The zero-order valence-electron chi connectivity index (χ0n) is 25.9. The number of H-pyrrole nitrogens is 1. The van der Waals surface area contributed by atoms with Crippen molar-refractivity contribution in [1.29, 1.82) is 0 Å². The van der Waals surface area contributed by atoms with Gasteiger partial charge in [0.15, 0.2) is 17.3 Å². The van der Waals surface area contributed by atoms with Crippen molar-refractivity contribution in [3.63, 3.8) is 0 Å². The van der Waals surface area contributed by atoms with Crippen LogP contribution in [0.15, 0.2) is 94.6 Å². The van der Waals surface area contributed by atoms with Gasteiger partial charge in [0.05, 0.1) is 38.1 Å². The first-order valence-electron chi connectivity index (χ1n) is 14.5. The van der Waals surface area contributed by atoms with Crippen LogP contribution in [0.2, 0.25) is 5.02 Å². The van der Waals surface area contributed by atoms with Gasteiger partial charge >= 0.3 is 0 Å². The van der Waals surface area contributed by atoms with Crippen LogP contribution >= 0.6 is 23.4 Å². The second-order valence-electron chi connectivity index (χ2n) is 10.3. The molecule has 0 bridgehead atoms. The molecule has 0 aliphatic heterocycles. The maximum atomic E-state index is 12.6. The maximum Gasteiger partial charge on any atom is 0.277 e. The molecule has 6 aromatic rings. The Hall–Kier alpha value is -5.59. The lowest BCUT2D eigenvalue weighted by molar-refractivity contribution is -0.113. The highest BCUT2D eigenvalue weighted by Crippen LogP contribution is 2.41. The van der Waals surface area contributed by atoms with Crippen molar-refractivity contribution in [3.05, 3.63) is 101 Å². The van der Waals surface area contributed by atoms with Gasteiger partial charge in [0.25, 0.3) is 5.22 Å². The first-order valence-corrected chi connectivity index (χ1v) is 15.8. The molecule has 2 aromatic heterocycles. The molecule has 0 spiro atoms. The number of carbonyl (C=O) groups excluding carboxylic acids is 2. The molecular weight excluding hydrogens is 654 g/mol. The molecule has 13 heteroatoms. The number of amides is 1. The summed E-state index contributed by atoms with van der Waals surface area (Å²) in [5.41, 5.74) is 4.85. The number of ether oxygens (including phenoxy) is 3. The van der Waals surface area contributed by atoms with Crippen molar-refractivity contribution in [2.45, 2.75) is 5.22 Å². The molecule has 0 aliphatic rings. The predicted molar refractivity (Wildman–Crippen MR) is 185 cm³/mol. The number of anilines is 1. The summed E-state index contributed by atoms with van der Waals surface area (Å²) in [6, 6.07) is 23.0. The summed E-state index contributed by atoms with van der Waals surface area (Å²) < 4.78 is 22.2. The molecule has 0 radical (unpaired) electrons. The van der Waals surface area contributed by atoms with Crippen molar-refractivity contribution in [2.24, 2.45) is 0 Å². The predicted octanol–water partition coefficient (Wildman–Crippen LogP) is 7.59. The van der Waals surface area contributed by atoms with E-state index in [2.05, 4.69) is 20.5 Å².